The fourth-order valence-electron chi connectivity index (χ4n) is 4.42. The Morgan fingerprint density at radius 2 is 1.69 bits per heavy atom. The van der Waals surface area contributed by atoms with Crippen LogP contribution in [0.3, 0.4) is 0 Å². The summed E-state index contributed by atoms with van der Waals surface area (Å²) in [5.74, 6) is 0.0933. The number of rotatable bonds is 7. The molecular weight excluding hydrogens is 418 g/mol. The molecule has 1 N–H and O–H groups in total. The lowest BCUT2D eigenvalue weighted by atomic mass is 9.88. The molecule has 166 valence electrons. The zero-order valence-electron chi connectivity index (χ0n) is 18.6. The molecular formula is C27H29NO3S. The third-order valence-electron chi connectivity index (χ3n) is 6.04. The zero-order valence-corrected chi connectivity index (χ0v) is 19.4. The summed E-state index contributed by atoms with van der Waals surface area (Å²) in [5, 5.41) is 3.70. The molecule has 3 aromatic rings. The summed E-state index contributed by atoms with van der Waals surface area (Å²) < 4.78 is 5.34. The number of carbonyl (C=O) groups is 2. The summed E-state index contributed by atoms with van der Waals surface area (Å²) >= 11 is 1.53. The third kappa shape index (κ3) is 4.94. The molecule has 0 fully saturated rings. The smallest absolute Gasteiger partial charge is 0.341 e. The quantitative estimate of drug-likeness (QED) is 0.438. The van der Waals surface area contributed by atoms with Gasteiger partial charge in [0.2, 0.25) is 5.91 Å². The highest BCUT2D eigenvalue weighted by molar-refractivity contribution is 7.17. The summed E-state index contributed by atoms with van der Waals surface area (Å²) in [5.41, 5.74) is 3.81. The predicted molar refractivity (Wildman–Crippen MR) is 129 cm³/mol. The van der Waals surface area contributed by atoms with Crippen LogP contribution in [0.4, 0.5) is 5.00 Å². The first-order valence-electron chi connectivity index (χ1n) is 11.3. The molecule has 1 heterocycles. The Labute approximate surface area is 193 Å². The van der Waals surface area contributed by atoms with Gasteiger partial charge in [-0.1, -0.05) is 67.6 Å². The summed E-state index contributed by atoms with van der Waals surface area (Å²) in [6.07, 6.45) is 3.15. The fraction of sp³-hybridized carbons (Fsp3) is 0.333. The number of hydrogen-bond donors (Lipinski definition) is 1. The summed E-state index contributed by atoms with van der Waals surface area (Å²) in [6.45, 7) is 4.36. The van der Waals surface area contributed by atoms with Crippen molar-refractivity contribution in [3.8, 4) is 0 Å². The molecule has 0 spiro atoms. The second-order valence-corrected chi connectivity index (χ2v) is 9.51. The van der Waals surface area contributed by atoms with Crippen molar-refractivity contribution >= 4 is 28.2 Å². The first-order valence-corrected chi connectivity index (χ1v) is 12.1. The molecule has 1 aromatic heterocycles. The Morgan fingerprint density at radius 3 is 2.28 bits per heavy atom. The SMILES string of the molecule is CCOC(=O)c1c(NC(=O)CC(c2ccccc2)c2ccccc2)sc2c1CCC(C)C2. The first-order chi connectivity index (χ1) is 15.6. The van der Waals surface area contributed by atoms with Crippen molar-refractivity contribution in [3.05, 3.63) is 87.8 Å². The third-order valence-corrected chi connectivity index (χ3v) is 7.21. The van der Waals surface area contributed by atoms with E-state index in [9.17, 15) is 9.59 Å². The molecule has 5 heteroatoms. The highest BCUT2D eigenvalue weighted by atomic mass is 32.1. The highest BCUT2D eigenvalue weighted by Crippen LogP contribution is 2.40. The molecule has 0 saturated carbocycles. The number of fused-ring (bicyclic) bond motifs is 1. The van der Waals surface area contributed by atoms with E-state index in [1.54, 1.807) is 6.92 Å². The number of hydrogen-bond acceptors (Lipinski definition) is 4. The van der Waals surface area contributed by atoms with Gasteiger partial charge < -0.3 is 10.1 Å². The Balaban J connectivity index is 1.61. The molecule has 0 radical (unpaired) electrons. The van der Waals surface area contributed by atoms with Crippen molar-refractivity contribution in [1.29, 1.82) is 0 Å². The lowest BCUT2D eigenvalue weighted by Crippen LogP contribution is -2.18. The Morgan fingerprint density at radius 1 is 1.06 bits per heavy atom. The minimum absolute atomic E-state index is 0.0574. The Kier molecular flexibility index (Phi) is 7.05. The standard InChI is InChI=1S/C27H29NO3S/c1-3-31-27(30)25-21-15-14-18(2)16-23(21)32-26(25)28-24(29)17-22(19-10-6-4-7-11-19)20-12-8-5-9-13-20/h4-13,18,22H,3,14-17H2,1-2H3,(H,28,29). The second kappa shape index (κ2) is 10.1. The molecule has 4 rings (SSSR count). The van der Waals surface area contributed by atoms with Crippen LogP contribution in [-0.4, -0.2) is 18.5 Å². The van der Waals surface area contributed by atoms with Gasteiger partial charge in [-0.3, -0.25) is 4.79 Å². The molecule has 1 atom stereocenters. The number of ether oxygens (including phenoxy) is 1. The molecule has 32 heavy (non-hydrogen) atoms. The van der Waals surface area contributed by atoms with Gasteiger partial charge in [0, 0.05) is 17.2 Å². The van der Waals surface area contributed by atoms with Gasteiger partial charge >= 0.3 is 5.97 Å². The molecule has 2 aromatic carbocycles. The van der Waals surface area contributed by atoms with E-state index in [1.165, 1.54) is 16.2 Å². The minimum atomic E-state index is -0.336. The van der Waals surface area contributed by atoms with Crippen molar-refractivity contribution < 1.29 is 14.3 Å². The van der Waals surface area contributed by atoms with Gasteiger partial charge in [-0.15, -0.1) is 11.3 Å². The molecule has 0 aliphatic heterocycles. The monoisotopic (exact) mass is 447 g/mol. The number of carbonyl (C=O) groups excluding carboxylic acids is 2. The van der Waals surface area contributed by atoms with E-state index in [0.29, 0.717) is 29.5 Å². The van der Waals surface area contributed by atoms with Crippen molar-refractivity contribution in [2.24, 2.45) is 5.92 Å². The van der Waals surface area contributed by atoms with E-state index in [0.717, 1.165) is 36.0 Å². The Bertz CT molecular complexity index is 1040. The molecule has 0 saturated heterocycles. The number of amides is 1. The number of thiophene rings is 1. The highest BCUT2D eigenvalue weighted by Gasteiger charge is 2.29. The average Bonchev–Trinajstić information content (AvgIpc) is 3.15. The zero-order chi connectivity index (χ0) is 22.5. The van der Waals surface area contributed by atoms with Crippen LogP contribution in [-0.2, 0) is 22.4 Å². The van der Waals surface area contributed by atoms with Gasteiger partial charge in [0.1, 0.15) is 5.00 Å². The molecule has 1 aliphatic rings. The van der Waals surface area contributed by atoms with Crippen molar-refractivity contribution in [3.63, 3.8) is 0 Å². The minimum Gasteiger partial charge on any atom is -0.462 e. The molecule has 1 amide bonds. The molecule has 1 aliphatic carbocycles. The maximum absolute atomic E-state index is 13.2. The van der Waals surface area contributed by atoms with Crippen LogP contribution in [0.5, 0.6) is 0 Å². The molecule has 4 nitrogen and oxygen atoms in total. The topological polar surface area (TPSA) is 55.4 Å². The summed E-state index contributed by atoms with van der Waals surface area (Å²) in [7, 11) is 0. The largest absolute Gasteiger partial charge is 0.462 e. The van der Waals surface area contributed by atoms with E-state index in [1.807, 2.05) is 36.4 Å². The van der Waals surface area contributed by atoms with Crippen molar-refractivity contribution in [2.45, 2.75) is 45.4 Å². The molecule has 1 unspecified atom stereocenters. The second-order valence-electron chi connectivity index (χ2n) is 8.40. The maximum atomic E-state index is 13.2. The van der Waals surface area contributed by atoms with Gasteiger partial charge in [0.05, 0.1) is 12.2 Å². The van der Waals surface area contributed by atoms with E-state index in [-0.39, 0.29) is 17.8 Å². The van der Waals surface area contributed by atoms with E-state index < -0.39 is 0 Å². The lowest BCUT2D eigenvalue weighted by molar-refractivity contribution is -0.116. The Hall–Kier alpha value is -2.92. The van der Waals surface area contributed by atoms with E-state index in [2.05, 4.69) is 36.5 Å². The van der Waals surface area contributed by atoms with Crippen LogP contribution in [0.1, 0.15) is 64.5 Å². The lowest BCUT2D eigenvalue weighted by Gasteiger charge is -2.18. The maximum Gasteiger partial charge on any atom is 0.341 e. The average molecular weight is 448 g/mol. The van der Waals surface area contributed by atoms with Crippen LogP contribution in [0.25, 0.3) is 0 Å². The van der Waals surface area contributed by atoms with Gasteiger partial charge in [-0.25, -0.2) is 4.79 Å². The fourth-order valence-corrected chi connectivity index (χ4v) is 5.83. The number of esters is 1. The predicted octanol–water partition coefficient (Wildman–Crippen LogP) is 6.21. The van der Waals surface area contributed by atoms with Crippen LogP contribution in [0.15, 0.2) is 60.7 Å². The van der Waals surface area contributed by atoms with Gasteiger partial charge in [-0.05, 0) is 48.8 Å². The van der Waals surface area contributed by atoms with Crippen molar-refractivity contribution in [2.75, 3.05) is 11.9 Å². The van der Waals surface area contributed by atoms with Crippen LogP contribution >= 0.6 is 11.3 Å². The van der Waals surface area contributed by atoms with E-state index >= 15 is 0 Å². The van der Waals surface area contributed by atoms with Crippen LogP contribution in [0.2, 0.25) is 0 Å². The van der Waals surface area contributed by atoms with Gasteiger partial charge in [0.25, 0.3) is 0 Å². The van der Waals surface area contributed by atoms with Crippen LogP contribution < -0.4 is 5.32 Å². The van der Waals surface area contributed by atoms with Crippen LogP contribution in [0, 0.1) is 5.92 Å². The normalized spacial score (nSPS) is 15.3. The van der Waals surface area contributed by atoms with E-state index in [4.69, 9.17) is 4.74 Å². The van der Waals surface area contributed by atoms with Gasteiger partial charge in [-0.2, -0.15) is 0 Å². The number of anilines is 1. The summed E-state index contributed by atoms with van der Waals surface area (Å²) in [4.78, 5) is 27.2. The first kappa shape index (κ1) is 22.3. The number of benzene rings is 2. The van der Waals surface area contributed by atoms with Gasteiger partial charge in [0.15, 0.2) is 0 Å². The molecule has 0 bridgehead atoms. The van der Waals surface area contributed by atoms with Crippen molar-refractivity contribution in [1.82, 2.24) is 0 Å². The number of nitrogens with one attached hydrogen (secondary N) is 1. The summed E-state index contributed by atoms with van der Waals surface area (Å²) in [6, 6.07) is 20.2.